The molecular formula is C9H8F3IO. The molecule has 1 aromatic rings. The quantitative estimate of drug-likeness (QED) is 0.756. The first-order chi connectivity index (χ1) is 6.45. The first-order valence-electron chi connectivity index (χ1n) is 3.94. The average molecular weight is 316 g/mol. The Morgan fingerprint density at radius 1 is 1.36 bits per heavy atom. The lowest BCUT2D eigenvalue weighted by atomic mass is 10.2. The maximum absolute atomic E-state index is 12.2. The molecule has 0 N–H and O–H groups in total. The van der Waals surface area contributed by atoms with Crippen LogP contribution >= 0.6 is 22.6 Å². The van der Waals surface area contributed by atoms with Gasteiger partial charge in [0.25, 0.3) is 0 Å². The first-order valence-corrected chi connectivity index (χ1v) is 5.02. The molecule has 0 spiro atoms. The Hall–Kier alpha value is -0.460. The minimum absolute atomic E-state index is 0.446. The minimum atomic E-state index is -4.29. The summed E-state index contributed by atoms with van der Waals surface area (Å²) in [4.78, 5) is 0. The lowest BCUT2D eigenvalue weighted by Gasteiger charge is -2.10. The van der Waals surface area contributed by atoms with Crippen LogP contribution < -0.4 is 4.74 Å². The average Bonchev–Trinajstić information content (AvgIpc) is 2.07. The lowest BCUT2D eigenvalue weighted by Crippen LogP contribution is -2.05. The van der Waals surface area contributed by atoms with Gasteiger partial charge in [0.15, 0.2) is 0 Å². The number of benzene rings is 1. The number of ether oxygens (including phenoxy) is 1. The summed E-state index contributed by atoms with van der Waals surface area (Å²) in [6, 6.07) is 3.44. The number of rotatable bonds is 2. The third-order valence-corrected chi connectivity index (χ3v) is 2.40. The molecule has 0 aliphatic rings. The topological polar surface area (TPSA) is 9.23 Å². The molecule has 0 unspecified atom stereocenters. The van der Waals surface area contributed by atoms with E-state index >= 15 is 0 Å². The molecule has 0 aliphatic heterocycles. The molecule has 0 atom stereocenters. The molecule has 78 valence electrons. The summed E-state index contributed by atoms with van der Waals surface area (Å²) in [5, 5.41) is 0. The van der Waals surface area contributed by atoms with Gasteiger partial charge in [-0.15, -0.1) is 0 Å². The van der Waals surface area contributed by atoms with Crippen molar-refractivity contribution >= 4 is 22.6 Å². The molecule has 0 heterocycles. The number of hydrogen-bond acceptors (Lipinski definition) is 1. The molecule has 0 bridgehead atoms. The molecule has 14 heavy (non-hydrogen) atoms. The van der Waals surface area contributed by atoms with Gasteiger partial charge in [0, 0.05) is 0 Å². The Morgan fingerprint density at radius 3 is 2.43 bits per heavy atom. The number of halogens is 4. The van der Waals surface area contributed by atoms with Crippen molar-refractivity contribution in [1.82, 2.24) is 0 Å². The van der Waals surface area contributed by atoms with E-state index in [1.807, 2.05) is 22.6 Å². The molecule has 1 nitrogen and oxygen atoms in total. The summed E-state index contributed by atoms with van der Waals surface area (Å²) < 4.78 is 42.3. The Kier molecular flexibility index (Phi) is 3.63. The van der Waals surface area contributed by atoms with Crippen LogP contribution in [0.25, 0.3) is 0 Å². The van der Waals surface area contributed by atoms with E-state index in [0.717, 1.165) is 12.1 Å². The van der Waals surface area contributed by atoms with E-state index in [4.69, 9.17) is 4.74 Å². The van der Waals surface area contributed by atoms with E-state index in [9.17, 15) is 13.2 Å². The van der Waals surface area contributed by atoms with Crippen LogP contribution in [-0.4, -0.2) is 6.61 Å². The van der Waals surface area contributed by atoms with Crippen LogP contribution in [-0.2, 0) is 6.18 Å². The van der Waals surface area contributed by atoms with Crippen molar-refractivity contribution in [1.29, 1.82) is 0 Å². The summed E-state index contributed by atoms with van der Waals surface area (Å²) in [5.41, 5.74) is -0.648. The Labute approximate surface area is 93.4 Å². The SMILES string of the molecule is CCOc1ccc(C(F)(F)F)cc1I. The van der Waals surface area contributed by atoms with E-state index in [1.54, 1.807) is 6.92 Å². The predicted molar refractivity (Wildman–Crippen MR) is 55.3 cm³/mol. The van der Waals surface area contributed by atoms with E-state index in [0.29, 0.717) is 15.9 Å². The molecule has 0 amide bonds. The summed E-state index contributed by atoms with van der Waals surface area (Å²) in [5.74, 6) is 0.487. The zero-order valence-electron chi connectivity index (χ0n) is 7.36. The fourth-order valence-corrected chi connectivity index (χ4v) is 1.62. The fraction of sp³-hybridized carbons (Fsp3) is 0.333. The minimum Gasteiger partial charge on any atom is -0.493 e. The van der Waals surface area contributed by atoms with Gasteiger partial charge in [-0.05, 0) is 47.7 Å². The van der Waals surface area contributed by atoms with E-state index in [2.05, 4.69) is 0 Å². The van der Waals surface area contributed by atoms with Crippen molar-refractivity contribution in [2.45, 2.75) is 13.1 Å². The molecule has 0 saturated heterocycles. The maximum atomic E-state index is 12.2. The van der Waals surface area contributed by atoms with E-state index < -0.39 is 11.7 Å². The number of hydrogen-bond donors (Lipinski definition) is 0. The molecule has 0 saturated carbocycles. The van der Waals surface area contributed by atoms with Crippen molar-refractivity contribution < 1.29 is 17.9 Å². The van der Waals surface area contributed by atoms with Crippen molar-refractivity contribution in [3.8, 4) is 5.75 Å². The highest BCUT2D eigenvalue weighted by atomic mass is 127. The molecular weight excluding hydrogens is 308 g/mol. The second-order valence-corrected chi connectivity index (χ2v) is 3.74. The Balaban J connectivity index is 3.01. The van der Waals surface area contributed by atoms with Gasteiger partial charge < -0.3 is 4.74 Å². The van der Waals surface area contributed by atoms with Crippen molar-refractivity contribution in [2.24, 2.45) is 0 Å². The highest BCUT2D eigenvalue weighted by molar-refractivity contribution is 14.1. The predicted octanol–water partition coefficient (Wildman–Crippen LogP) is 3.71. The van der Waals surface area contributed by atoms with E-state index in [-0.39, 0.29) is 0 Å². The first kappa shape index (κ1) is 11.6. The summed E-state index contributed by atoms with van der Waals surface area (Å²) in [6.45, 7) is 2.23. The van der Waals surface area contributed by atoms with Crippen LogP contribution in [0.2, 0.25) is 0 Å². The van der Waals surface area contributed by atoms with Crippen LogP contribution in [0.1, 0.15) is 12.5 Å². The normalized spacial score (nSPS) is 11.5. The van der Waals surface area contributed by atoms with Gasteiger partial charge in [-0.2, -0.15) is 13.2 Å². The molecule has 5 heteroatoms. The van der Waals surface area contributed by atoms with Gasteiger partial charge in [-0.25, -0.2) is 0 Å². The molecule has 0 aromatic heterocycles. The van der Waals surface area contributed by atoms with E-state index in [1.165, 1.54) is 6.07 Å². The second-order valence-electron chi connectivity index (χ2n) is 2.58. The Bertz CT molecular complexity index is 322. The monoisotopic (exact) mass is 316 g/mol. The smallest absolute Gasteiger partial charge is 0.416 e. The van der Waals surface area contributed by atoms with Crippen LogP contribution in [0.15, 0.2) is 18.2 Å². The maximum Gasteiger partial charge on any atom is 0.416 e. The van der Waals surface area contributed by atoms with Crippen LogP contribution in [0, 0.1) is 3.57 Å². The van der Waals surface area contributed by atoms with Gasteiger partial charge in [0.2, 0.25) is 0 Å². The summed E-state index contributed by atoms with van der Waals surface area (Å²) in [6.07, 6.45) is -4.29. The lowest BCUT2D eigenvalue weighted by molar-refractivity contribution is -0.137. The zero-order valence-corrected chi connectivity index (χ0v) is 9.52. The molecule has 0 fully saturated rings. The van der Waals surface area contributed by atoms with Crippen molar-refractivity contribution in [2.75, 3.05) is 6.61 Å². The third-order valence-electron chi connectivity index (χ3n) is 1.56. The van der Waals surface area contributed by atoms with Gasteiger partial charge in [0.05, 0.1) is 15.7 Å². The Morgan fingerprint density at radius 2 is 2.00 bits per heavy atom. The fourth-order valence-electron chi connectivity index (χ4n) is 0.950. The molecule has 0 aliphatic carbocycles. The van der Waals surface area contributed by atoms with Gasteiger partial charge in [0.1, 0.15) is 5.75 Å². The summed E-state index contributed by atoms with van der Waals surface area (Å²) >= 11 is 1.82. The highest BCUT2D eigenvalue weighted by Gasteiger charge is 2.30. The second kappa shape index (κ2) is 4.37. The zero-order chi connectivity index (χ0) is 10.8. The molecule has 1 aromatic carbocycles. The summed E-state index contributed by atoms with van der Waals surface area (Å²) in [7, 11) is 0. The van der Waals surface area contributed by atoms with Gasteiger partial charge >= 0.3 is 6.18 Å². The van der Waals surface area contributed by atoms with Gasteiger partial charge in [-0.3, -0.25) is 0 Å². The highest BCUT2D eigenvalue weighted by Crippen LogP contribution is 2.32. The van der Waals surface area contributed by atoms with Crippen LogP contribution in [0.4, 0.5) is 13.2 Å². The molecule has 0 radical (unpaired) electrons. The third kappa shape index (κ3) is 2.76. The van der Waals surface area contributed by atoms with Crippen LogP contribution in [0.3, 0.4) is 0 Å². The van der Waals surface area contributed by atoms with Gasteiger partial charge in [-0.1, -0.05) is 0 Å². The number of alkyl halides is 3. The standard InChI is InChI=1S/C9H8F3IO/c1-2-14-8-4-3-6(5-7(8)13)9(10,11)12/h3-5H,2H2,1H3. The van der Waals surface area contributed by atoms with Crippen molar-refractivity contribution in [3.63, 3.8) is 0 Å². The van der Waals surface area contributed by atoms with Crippen LogP contribution in [0.5, 0.6) is 5.75 Å². The van der Waals surface area contributed by atoms with Crippen molar-refractivity contribution in [3.05, 3.63) is 27.3 Å². The molecule has 1 rings (SSSR count). The largest absolute Gasteiger partial charge is 0.493 e.